The lowest BCUT2D eigenvalue weighted by molar-refractivity contribution is -0.165. The lowest BCUT2D eigenvalue weighted by atomic mass is 9.79. The van der Waals surface area contributed by atoms with Gasteiger partial charge in [-0.2, -0.15) is 13.2 Å². The molecule has 0 aliphatic carbocycles. The van der Waals surface area contributed by atoms with Crippen LogP contribution in [-0.2, 0) is 4.74 Å². The summed E-state index contributed by atoms with van der Waals surface area (Å²) in [5, 5.41) is 10.3. The summed E-state index contributed by atoms with van der Waals surface area (Å²) in [4.78, 5) is 0. The Morgan fingerprint density at radius 1 is 1.19 bits per heavy atom. The molecule has 1 aliphatic heterocycles. The zero-order valence-corrected chi connectivity index (χ0v) is 10.1. The summed E-state index contributed by atoms with van der Waals surface area (Å²) in [6.45, 7) is 6.83. The largest absolute Gasteiger partial charge is 0.389 e. The summed E-state index contributed by atoms with van der Waals surface area (Å²) in [7, 11) is 0. The quantitative estimate of drug-likeness (QED) is 0.803. The Morgan fingerprint density at radius 3 is 2.00 bits per heavy atom. The van der Waals surface area contributed by atoms with E-state index in [1.54, 1.807) is 27.7 Å². The monoisotopic (exact) mass is 240 g/mol. The van der Waals surface area contributed by atoms with Crippen molar-refractivity contribution >= 4 is 0 Å². The number of alkyl halides is 3. The Balaban J connectivity index is 2.77. The van der Waals surface area contributed by atoms with Gasteiger partial charge in [0, 0.05) is 12.8 Å². The van der Waals surface area contributed by atoms with Crippen LogP contribution in [0.5, 0.6) is 0 Å². The van der Waals surface area contributed by atoms with Gasteiger partial charge in [-0.3, -0.25) is 0 Å². The fourth-order valence-electron chi connectivity index (χ4n) is 2.48. The molecule has 1 unspecified atom stereocenters. The van der Waals surface area contributed by atoms with Crippen molar-refractivity contribution in [3.63, 3.8) is 0 Å². The van der Waals surface area contributed by atoms with Gasteiger partial charge < -0.3 is 9.84 Å². The highest BCUT2D eigenvalue weighted by molar-refractivity contribution is 5.06. The van der Waals surface area contributed by atoms with Crippen molar-refractivity contribution in [2.24, 2.45) is 0 Å². The molecule has 1 fully saturated rings. The zero-order chi connectivity index (χ0) is 12.8. The van der Waals surface area contributed by atoms with E-state index in [2.05, 4.69) is 0 Å². The van der Waals surface area contributed by atoms with Crippen molar-refractivity contribution < 1.29 is 23.0 Å². The summed E-state index contributed by atoms with van der Waals surface area (Å²) in [5.41, 5.74) is -2.93. The summed E-state index contributed by atoms with van der Waals surface area (Å²) >= 11 is 0. The maximum atomic E-state index is 12.2. The molecule has 0 radical (unpaired) electrons. The average Bonchev–Trinajstić information content (AvgIpc) is 2.11. The summed E-state index contributed by atoms with van der Waals surface area (Å²) in [6, 6.07) is 0. The van der Waals surface area contributed by atoms with E-state index >= 15 is 0 Å². The van der Waals surface area contributed by atoms with Crippen LogP contribution in [0.1, 0.15) is 47.0 Å². The van der Waals surface area contributed by atoms with Crippen LogP contribution < -0.4 is 0 Å². The molecule has 0 aromatic rings. The number of hydrogen-bond donors (Lipinski definition) is 1. The predicted molar refractivity (Wildman–Crippen MR) is 54.1 cm³/mol. The number of rotatable bonds is 2. The Bertz CT molecular complexity index is 271. The van der Waals surface area contributed by atoms with Gasteiger partial charge in [-0.25, -0.2) is 0 Å². The number of ether oxygens (including phenoxy) is 1. The normalized spacial score (nSPS) is 33.0. The van der Waals surface area contributed by atoms with Crippen LogP contribution in [0.4, 0.5) is 13.2 Å². The van der Waals surface area contributed by atoms with Gasteiger partial charge in [0.2, 0.25) is 0 Å². The van der Waals surface area contributed by atoms with Crippen molar-refractivity contribution in [1.82, 2.24) is 0 Å². The van der Waals surface area contributed by atoms with Crippen LogP contribution in [0.15, 0.2) is 0 Å². The van der Waals surface area contributed by atoms with Crippen LogP contribution >= 0.6 is 0 Å². The first-order valence-electron chi connectivity index (χ1n) is 5.36. The lowest BCUT2D eigenvalue weighted by Gasteiger charge is -2.35. The third-order valence-corrected chi connectivity index (χ3v) is 3.19. The molecule has 1 aliphatic rings. The molecule has 5 heteroatoms. The number of aliphatic hydroxyl groups is 1. The summed E-state index contributed by atoms with van der Waals surface area (Å²) in [5.74, 6) is 0. The SMILES string of the molecule is CC1(C)CC(O)(CCC(F)(F)F)C(C)(C)O1. The molecule has 1 N–H and O–H groups in total. The van der Waals surface area contributed by atoms with E-state index in [4.69, 9.17) is 4.74 Å². The third-order valence-electron chi connectivity index (χ3n) is 3.19. The Hall–Kier alpha value is -0.290. The van der Waals surface area contributed by atoms with E-state index in [1.165, 1.54) is 0 Å². The van der Waals surface area contributed by atoms with E-state index < -0.39 is 29.4 Å². The molecule has 2 nitrogen and oxygen atoms in total. The number of hydrogen-bond acceptors (Lipinski definition) is 2. The molecule has 0 aromatic heterocycles. The average molecular weight is 240 g/mol. The van der Waals surface area contributed by atoms with Crippen molar-refractivity contribution in [2.45, 2.75) is 69.9 Å². The zero-order valence-electron chi connectivity index (χ0n) is 10.1. The third kappa shape index (κ3) is 2.88. The minimum absolute atomic E-state index is 0.225. The Kier molecular flexibility index (Phi) is 3.10. The molecule has 0 aromatic carbocycles. The second-order valence-electron chi connectivity index (χ2n) is 5.70. The fourth-order valence-corrected chi connectivity index (χ4v) is 2.48. The highest BCUT2D eigenvalue weighted by Crippen LogP contribution is 2.48. The molecular formula is C11H19F3O2. The topological polar surface area (TPSA) is 29.5 Å². The second-order valence-corrected chi connectivity index (χ2v) is 5.70. The lowest BCUT2D eigenvalue weighted by Crippen LogP contribution is -2.46. The Morgan fingerprint density at radius 2 is 1.69 bits per heavy atom. The number of halogens is 3. The van der Waals surface area contributed by atoms with E-state index in [9.17, 15) is 18.3 Å². The van der Waals surface area contributed by atoms with Gasteiger partial charge in [-0.1, -0.05) is 0 Å². The smallest absolute Gasteiger partial charge is 0.387 e. The predicted octanol–water partition coefficient (Wildman–Crippen LogP) is 3.04. The first kappa shape index (κ1) is 13.8. The highest BCUT2D eigenvalue weighted by Gasteiger charge is 2.56. The molecule has 1 saturated heterocycles. The first-order chi connectivity index (χ1) is 6.87. The van der Waals surface area contributed by atoms with Gasteiger partial charge in [0.25, 0.3) is 0 Å². The Labute approximate surface area is 93.8 Å². The van der Waals surface area contributed by atoms with Crippen molar-refractivity contribution in [3.05, 3.63) is 0 Å². The molecular weight excluding hydrogens is 221 g/mol. The summed E-state index contributed by atoms with van der Waals surface area (Å²) < 4.78 is 42.1. The molecule has 1 atom stereocenters. The maximum Gasteiger partial charge on any atom is 0.389 e. The van der Waals surface area contributed by atoms with Crippen LogP contribution in [0.3, 0.4) is 0 Å². The molecule has 1 rings (SSSR count). The minimum Gasteiger partial charge on any atom is -0.387 e. The van der Waals surface area contributed by atoms with Crippen molar-refractivity contribution in [3.8, 4) is 0 Å². The van der Waals surface area contributed by atoms with Gasteiger partial charge in [0.1, 0.15) is 0 Å². The van der Waals surface area contributed by atoms with E-state index in [0.717, 1.165) is 0 Å². The molecule has 0 saturated carbocycles. The van der Waals surface area contributed by atoms with E-state index in [0.29, 0.717) is 0 Å². The minimum atomic E-state index is -4.24. The van der Waals surface area contributed by atoms with Crippen molar-refractivity contribution in [1.29, 1.82) is 0 Å². The van der Waals surface area contributed by atoms with Gasteiger partial charge in [-0.15, -0.1) is 0 Å². The molecule has 96 valence electrons. The fraction of sp³-hybridized carbons (Fsp3) is 1.00. The maximum absolute atomic E-state index is 12.2. The molecule has 16 heavy (non-hydrogen) atoms. The van der Waals surface area contributed by atoms with E-state index in [-0.39, 0.29) is 12.8 Å². The van der Waals surface area contributed by atoms with E-state index in [1.807, 2.05) is 0 Å². The van der Waals surface area contributed by atoms with Gasteiger partial charge >= 0.3 is 6.18 Å². The van der Waals surface area contributed by atoms with Gasteiger partial charge in [0.05, 0.1) is 16.8 Å². The van der Waals surface area contributed by atoms with Crippen LogP contribution in [0.2, 0.25) is 0 Å². The van der Waals surface area contributed by atoms with Crippen LogP contribution in [0.25, 0.3) is 0 Å². The van der Waals surface area contributed by atoms with Crippen LogP contribution in [-0.4, -0.2) is 28.1 Å². The second kappa shape index (κ2) is 3.60. The van der Waals surface area contributed by atoms with Gasteiger partial charge in [0.15, 0.2) is 0 Å². The standard InChI is InChI=1S/C11H19F3O2/c1-8(2)7-10(15,9(3,4)16-8)5-6-11(12,13)14/h15H,5-7H2,1-4H3. The molecule has 0 bridgehead atoms. The first-order valence-corrected chi connectivity index (χ1v) is 5.36. The molecule has 0 amide bonds. The molecule has 1 heterocycles. The van der Waals surface area contributed by atoms with Crippen LogP contribution in [0, 0.1) is 0 Å². The highest BCUT2D eigenvalue weighted by atomic mass is 19.4. The van der Waals surface area contributed by atoms with Gasteiger partial charge in [-0.05, 0) is 34.1 Å². The summed E-state index contributed by atoms with van der Waals surface area (Å²) in [6.07, 6.45) is -5.30. The molecule has 0 spiro atoms. The van der Waals surface area contributed by atoms with Crippen molar-refractivity contribution in [2.75, 3.05) is 0 Å².